The Kier molecular flexibility index (Phi) is 7.66. The molecule has 9 nitrogen and oxygen atoms in total. The van der Waals surface area contributed by atoms with Gasteiger partial charge in [-0.2, -0.15) is 0 Å². The number of para-hydroxylation sites is 1. The number of hydrogen-bond acceptors (Lipinski definition) is 7. The predicted octanol–water partition coefficient (Wildman–Crippen LogP) is 5.06. The van der Waals surface area contributed by atoms with Crippen molar-refractivity contribution in [1.82, 2.24) is 24.5 Å². The first kappa shape index (κ1) is 28.0. The maximum absolute atomic E-state index is 14.0. The lowest BCUT2D eigenvalue weighted by Gasteiger charge is -2.35. The van der Waals surface area contributed by atoms with Crippen molar-refractivity contribution in [2.45, 2.75) is 18.9 Å². The van der Waals surface area contributed by atoms with Gasteiger partial charge in [0.2, 0.25) is 5.91 Å². The van der Waals surface area contributed by atoms with E-state index >= 15 is 0 Å². The summed E-state index contributed by atoms with van der Waals surface area (Å²) in [6.07, 6.45) is 3.79. The Labute approximate surface area is 256 Å². The lowest BCUT2D eigenvalue weighted by Crippen LogP contribution is -2.50. The van der Waals surface area contributed by atoms with Gasteiger partial charge in [-0.05, 0) is 66.9 Å². The second-order valence-corrected chi connectivity index (χ2v) is 11.4. The predicted molar refractivity (Wildman–Crippen MR) is 170 cm³/mol. The van der Waals surface area contributed by atoms with Gasteiger partial charge in [-0.25, -0.2) is 18.9 Å². The molecule has 0 radical (unpaired) electrons. The largest absolute Gasteiger partial charge is 0.354 e. The van der Waals surface area contributed by atoms with E-state index in [1.165, 1.54) is 6.07 Å². The molecule has 0 saturated carbocycles. The molecule has 44 heavy (non-hydrogen) atoms. The Morgan fingerprint density at radius 3 is 2.55 bits per heavy atom. The molecule has 0 bridgehead atoms. The van der Waals surface area contributed by atoms with Crippen LogP contribution in [0, 0.1) is 5.82 Å². The summed E-state index contributed by atoms with van der Waals surface area (Å²) in [6, 6.07) is 26.7. The van der Waals surface area contributed by atoms with Crippen molar-refractivity contribution in [3.05, 3.63) is 103 Å². The van der Waals surface area contributed by atoms with Crippen LogP contribution in [0.4, 0.5) is 21.7 Å². The highest BCUT2D eigenvalue weighted by atomic mass is 19.1. The summed E-state index contributed by atoms with van der Waals surface area (Å²) in [5.41, 5.74) is 4.23. The van der Waals surface area contributed by atoms with Gasteiger partial charge in [-0.3, -0.25) is 9.69 Å². The van der Waals surface area contributed by atoms with Gasteiger partial charge in [0.15, 0.2) is 5.65 Å². The molecule has 1 atom stereocenters. The Bertz CT molecular complexity index is 1770. The molecule has 0 N–H and O–H groups in total. The number of fused-ring (bicyclic) bond motifs is 1. The van der Waals surface area contributed by atoms with Crippen molar-refractivity contribution in [1.29, 1.82) is 0 Å². The van der Waals surface area contributed by atoms with E-state index in [1.54, 1.807) is 17.0 Å². The highest BCUT2D eigenvalue weighted by Gasteiger charge is 2.28. The fraction of sp³-hybridized carbons (Fsp3) is 0.294. The Morgan fingerprint density at radius 2 is 1.73 bits per heavy atom. The lowest BCUT2D eigenvalue weighted by atomic mass is 10.0. The van der Waals surface area contributed by atoms with Crippen LogP contribution in [0.1, 0.15) is 24.4 Å². The Balaban J connectivity index is 1.06. The fourth-order valence-corrected chi connectivity index (χ4v) is 6.26. The second kappa shape index (κ2) is 12.0. The van der Waals surface area contributed by atoms with Crippen LogP contribution >= 0.6 is 0 Å². The number of carbonyl (C=O) groups is 1. The minimum atomic E-state index is -0.217. The van der Waals surface area contributed by atoms with Crippen LogP contribution < -0.4 is 14.7 Å². The summed E-state index contributed by atoms with van der Waals surface area (Å²) < 4.78 is 15.9. The Hall–Kier alpha value is -4.83. The molecule has 0 aliphatic carbocycles. The molecule has 2 aromatic carbocycles. The number of imidazole rings is 1. The number of likely N-dealkylation sites (N-methyl/N-ethyl adjacent to an activating group) is 1. The minimum absolute atomic E-state index is 0.0803. The van der Waals surface area contributed by atoms with E-state index in [1.807, 2.05) is 84.5 Å². The van der Waals surface area contributed by atoms with Gasteiger partial charge >= 0.3 is 0 Å². The zero-order valence-electron chi connectivity index (χ0n) is 24.8. The number of pyridine rings is 1. The molecule has 10 heteroatoms. The monoisotopic (exact) mass is 590 g/mol. The zero-order valence-corrected chi connectivity index (χ0v) is 24.8. The van der Waals surface area contributed by atoms with Crippen molar-refractivity contribution in [2.24, 2.45) is 0 Å². The van der Waals surface area contributed by atoms with Crippen LogP contribution in [0.15, 0.2) is 91.1 Å². The molecule has 2 saturated heterocycles. The highest BCUT2D eigenvalue weighted by molar-refractivity contribution is 5.94. The summed E-state index contributed by atoms with van der Waals surface area (Å²) in [7, 11) is 1.83. The summed E-state index contributed by atoms with van der Waals surface area (Å²) in [5, 5.41) is 5.00. The molecule has 1 amide bonds. The van der Waals surface area contributed by atoms with Gasteiger partial charge in [0.1, 0.15) is 23.1 Å². The molecule has 2 aliphatic heterocycles. The molecular formula is C34H35FN8O. The summed E-state index contributed by atoms with van der Waals surface area (Å²) >= 11 is 0. The quantitative estimate of drug-likeness (QED) is 0.263. The van der Waals surface area contributed by atoms with Crippen molar-refractivity contribution in [3.63, 3.8) is 0 Å². The molecule has 7 rings (SSSR count). The van der Waals surface area contributed by atoms with Crippen LogP contribution in [0.3, 0.4) is 0 Å². The molecule has 3 aromatic heterocycles. The summed E-state index contributed by atoms with van der Waals surface area (Å²) in [5.74, 6) is 1.60. The van der Waals surface area contributed by atoms with E-state index in [0.29, 0.717) is 6.54 Å². The molecule has 224 valence electrons. The first-order valence-electron chi connectivity index (χ1n) is 15.2. The Morgan fingerprint density at radius 1 is 0.909 bits per heavy atom. The van der Waals surface area contributed by atoms with Crippen LogP contribution in [0.25, 0.3) is 17.0 Å². The van der Waals surface area contributed by atoms with E-state index in [0.717, 1.165) is 85.5 Å². The maximum Gasteiger partial charge on any atom is 0.240 e. The minimum Gasteiger partial charge on any atom is -0.354 e. The number of anilines is 3. The third kappa shape index (κ3) is 5.60. The molecule has 5 heterocycles. The normalized spacial score (nSPS) is 17.4. The molecule has 0 spiro atoms. The molecule has 5 aromatic rings. The van der Waals surface area contributed by atoms with Gasteiger partial charge in [-0.15, -0.1) is 5.10 Å². The van der Waals surface area contributed by atoms with E-state index in [9.17, 15) is 9.18 Å². The summed E-state index contributed by atoms with van der Waals surface area (Å²) in [6.45, 7) is 4.37. The third-order valence-electron chi connectivity index (χ3n) is 8.70. The number of halogens is 1. The lowest BCUT2D eigenvalue weighted by molar-refractivity contribution is -0.119. The topological polar surface area (TPSA) is 73.1 Å². The number of amides is 1. The van der Waals surface area contributed by atoms with Crippen LogP contribution in [-0.2, 0) is 4.79 Å². The second-order valence-electron chi connectivity index (χ2n) is 11.4. The van der Waals surface area contributed by atoms with E-state index in [2.05, 4.69) is 19.7 Å². The van der Waals surface area contributed by atoms with E-state index in [4.69, 9.17) is 10.1 Å². The van der Waals surface area contributed by atoms with Crippen molar-refractivity contribution in [3.8, 4) is 11.4 Å². The SMILES string of the molecule is CN(C(=O)CN1CCN(c2cccc(-c3cnc4ccc(N5CCC[C@@H]5c5cccc(F)c5)nn34)n2)CC1)c1ccccc1. The molecular weight excluding hydrogens is 555 g/mol. The van der Waals surface area contributed by atoms with Gasteiger partial charge in [-0.1, -0.05) is 36.4 Å². The molecule has 2 aliphatic rings. The van der Waals surface area contributed by atoms with Crippen molar-refractivity contribution >= 4 is 28.9 Å². The van der Waals surface area contributed by atoms with E-state index in [-0.39, 0.29) is 17.8 Å². The first-order chi connectivity index (χ1) is 21.5. The average Bonchev–Trinajstić information content (AvgIpc) is 3.73. The van der Waals surface area contributed by atoms with Crippen molar-refractivity contribution < 1.29 is 9.18 Å². The highest BCUT2D eigenvalue weighted by Crippen LogP contribution is 2.36. The van der Waals surface area contributed by atoms with Gasteiger partial charge < -0.3 is 14.7 Å². The maximum atomic E-state index is 14.0. The number of rotatable bonds is 7. The summed E-state index contributed by atoms with van der Waals surface area (Å²) in [4.78, 5) is 30.9. The zero-order chi connectivity index (χ0) is 30.0. The van der Waals surface area contributed by atoms with Crippen LogP contribution in [0.2, 0.25) is 0 Å². The molecule has 2 fully saturated rings. The number of nitrogens with zero attached hydrogens (tertiary/aromatic N) is 8. The fourth-order valence-electron chi connectivity index (χ4n) is 6.26. The number of benzene rings is 2. The standard InChI is InChI=1S/C34H35FN8O/c1-39(27-10-3-2-4-11-27)34(44)24-40-18-20-41(21-19-40)32-14-6-12-28(37-32)30-23-36-31-15-16-33(38-43(30)31)42-17-7-13-29(42)25-8-5-9-26(35)22-25/h2-6,8-12,14-16,22-23,29H,7,13,17-21,24H2,1H3/t29-/m1/s1. The van der Waals surface area contributed by atoms with Crippen LogP contribution in [-0.4, -0.2) is 76.7 Å². The van der Waals surface area contributed by atoms with Gasteiger partial charge in [0, 0.05) is 45.5 Å². The smallest absolute Gasteiger partial charge is 0.240 e. The number of aromatic nitrogens is 4. The average molecular weight is 591 g/mol. The first-order valence-corrected chi connectivity index (χ1v) is 15.2. The number of carbonyl (C=O) groups excluding carboxylic acids is 1. The van der Waals surface area contributed by atoms with Gasteiger partial charge in [0.25, 0.3) is 0 Å². The van der Waals surface area contributed by atoms with Gasteiger partial charge in [0.05, 0.1) is 24.5 Å². The number of hydrogen-bond donors (Lipinski definition) is 0. The number of piperazine rings is 1. The van der Waals surface area contributed by atoms with Crippen molar-refractivity contribution in [2.75, 3.05) is 61.0 Å². The third-order valence-corrected chi connectivity index (χ3v) is 8.70. The van der Waals surface area contributed by atoms with E-state index < -0.39 is 0 Å². The molecule has 0 unspecified atom stereocenters. The van der Waals surface area contributed by atoms with Crippen LogP contribution in [0.5, 0.6) is 0 Å².